The van der Waals surface area contributed by atoms with Crippen molar-refractivity contribution in [3.05, 3.63) is 75.4 Å². The van der Waals surface area contributed by atoms with E-state index in [1.807, 2.05) is 26.0 Å². The van der Waals surface area contributed by atoms with Gasteiger partial charge in [-0.1, -0.05) is 29.8 Å². The van der Waals surface area contributed by atoms with Gasteiger partial charge in [0.1, 0.15) is 5.82 Å². The van der Waals surface area contributed by atoms with E-state index in [1.54, 1.807) is 23.2 Å². The number of amides is 2. The lowest BCUT2D eigenvalue weighted by Crippen LogP contribution is -2.37. The predicted molar refractivity (Wildman–Crippen MR) is 106 cm³/mol. The Morgan fingerprint density at radius 1 is 1.26 bits per heavy atom. The van der Waals surface area contributed by atoms with Gasteiger partial charge in [0.2, 0.25) is 0 Å². The lowest BCUT2D eigenvalue weighted by atomic mass is 10.0. The summed E-state index contributed by atoms with van der Waals surface area (Å²) in [5.74, 6) is -0.546. The summed E-state index contributed by atoms with van der Waals surface area (Å²) in [6, 6.07) is 10.6. The quantitative estimate of drug-likeness (QED) is 0.666. The standard InChI is InChI=1S/C20H19ClFN3O2/c1-3-25(20(27)24-13-8-9-18(22)17(21)10-13)12(2)16-11-23-19(26)15-7-5-4-6-14(15)16/h4-12H,3H2,1-2H3,(H,23,26)(H,24,27)/t12-/m0/s1. The van der Waals surface area contributed by atoms with Gasteiger partial charge in [0.25, 0.3) is 5.56 Å². The Morgan fingerprint density at radius 3 is 2.63 bits per heavy atom. The van der Waals surface area contributed by atoms with E-state index < -0.39 is 5.82 Å². The number of fused-ring (bicyclic) bond motifs is 1. The number of hydrogen-bond acceptors (Lipinski definition) is 2. The second kappa shape index (κ2) is 7.80. The smallest absolute Gasteiger partial charge is 0.322 e. The maximum Gasteiger partial charge on any atom is 0.322 e. The Bertz CT molecular complexity index is 1050. The van der Waals surface area contributed by atoms with Crippen molar-refractivity contribution in [1.82, 2.24) is 9.88 Å². The molecule has 2 amide bonds. The van der Waals surface area contributed by atoms with Gasteiger partial charge in [-0.05, 0) is 49.1 Å². The van der Waals surface area contributed by atoms with Gasteiger partial charge in [-0.15, -0.1) is 0 Å². The molecule has 0 aliphatic rings. The molecule has 5 nitrogen and oxygen atoms in total. The van der Waals surface area contributed by atoms with Gasteiger partial charge in [-0.2, -0.15) is 0 Å². The van der Waals surface area contributed by atoms with Gasteiger partial charge in [-0.3, -0.25) is 4.79 Å². The second-order valence-corrected chi connectivity index (χ2v) is 6.55. The molecular weight excluding hydrogens is 369 g/mol. The molecule has 0 spiro atoms. The van der Waals surface area contributed by atoms with E-state index in [2.05, 4.69) is 10.3 Å². The summed E-state index contributed by atoms with van der Waals surface area (Å²) in [6.45, 7) is 4.19. The molecule has 2 N–H and O–H groups in total. The van der Waals surface area contributed by atoms with Crippen molar-refractivity contribution >= 4 is 34.1 Å². The average Bonchev–Trinajstić information content (AvgIpc) is 2.66. The number of urea groups is 1. The van der Waals surface area contributed by atoms with E-state index in [9.17, 15) is 14.0 Å². The third-order valence-corrected chi connectivity index (χ3v) is 4.82. The number of nitrogens with one attached hydrogen (secondary N) is 2. The van der Waals surface area contributed by atoms with Crippen LogP contribution in [0.25, 0.3) is 10.8 Å². The Balaban J connectivity index is 1.91. The third kappa shape index (κ3) is 3.80. The zero-order valence-corrected chi connectivity index (χ0v) is 15.7. The summed E-state index contributed by atoms with van der Waals surface area (Å²) in [5, 5.41) is 4.04. The van der Waals surface area contributed by atoms with Crippen molar-refractivity contribution in [2.45, 2.75) is 19.9 Å². The largest absolute Gasteiger partial charge is 0.328 e. The molecular formula is C20H19ClFN3O2. The highest BCUT2D eigenvalue weighted by Crippen LogP contribution is 2.27. The highest BCUT2D eigenvalue weighted by atomic mass is 35.5. The summed E-state index contributed by atoms with van der Waals surface area (Å²) in [5.41, 5.74) is 1.07. The van der Waals surface area contributed by atoms with E-state index in [1.165, 1.54) is 18.2 Å². The first-order valence-electron chi connectivity index (χ1n) is 8.55. The molecule has 1 heterocycles. The van der Waals surface area contributed by atoms with Crippen LogP contribution in [0.3, 0.4) is 0 Å². The maximum atomic E-state index is 13.3. The number of aromatic amines is 1. The van der Waals surface area contributed by atoms with E-state index in [-0.39, 0.29) is 22.7 Å². The molecule has 0 unspecified atom stereocenters. The van der Waals surface area contributed by atoms with Crippen LogP contribution in [-0.2, 0) is 0 Å². The molecule has 27 heavy (non-hydrogen) atoms. The molecule has 3 rings (SSSR count). The first-order valence-corrected chi connectivity index (χ1v) is 8.93. The molecule has 7 heteroatoms. The topological polar surface area (TPSA) is 65.2 Å². The lowest BCUT2D eigenvalue weighted by molar-refractivity contribution is 0.197. The number of pyridine rings is 1. The first-order chi connectivity index (χ1) is 12.9. The molecule has 0 fully saturated rings. The van der Waals surface area contributed by atoms with Crippen molar-refractivity contribution in [1.29, 1.82) is 0 Å². The fraction of sp³-hybridized carbons (Fsp3) is 0.200. The maximum absolute atomic E-state index is 13.3. The molecule has 1 atom stereocenters. The minimum atomic E-state index is -0.546. The predicted octanol–water partition coefficient (Wildman–Crippen LogP) is 4.94. The highest BCUT2D eigenvalue weighted by molar-refractivity contribution is 6.31. The Hall–Kier alpha value is -2.86. The van der Waals surface area contributed by atoms with Crippen LogP contribution in [0.2, 0.25) is 5.02 Å². The molecule has 0 bridgehead atoms. The molecule has 0 aliphatic carbocycles. The third-order valence-electron chi connectivity index (χ3n) is 4.53. The number of carbonyl (C=O) groups excluding carboxylic acids is 1. The van der Waals surface area contributed by atoms with Gasteiger partial charge >= 0.3 is 6.03 Å². The fourth-order valence-corrected chi connectivity index (χ4v) is 3.29. The van der Waals surface area contributed by atoms with Crippen LogP contribution in [0.15, 0.2) is 53.5 Å². The summed E-state index contributed by atoms with van der Waals surface area (Å²) in [7, 11) is 0. The zero-order chi connectivity index (χ0) is 19.6. The summed E-state index contributed by atoms with van der Waals surface area (Å²) in [4.78, 5) is 29.2. The Morgan fingerprint density at radius 2 is 1.96 bits per heavy atom. The van der Waals surface area contributed by atoms with E-state index in [4.69, 9.17) is 11.6 Å². The van der Waals surface area contributed by atoms with Crippen LogP contribution in [0.5, 0.6) is 0 Å². The van der Waals surface area contributed by atoms with E-state index in [0.29, 0.717) is 17.6 Å². The van der Waals surface area contributed by atoms with Crippen LogP contribution in [0.4, 0.5) is 14.9 Å². The molecule has 140 valence electrons. The van der Waals surface area contributed by atoms with Crippen LogP contribution < -0.4 is 10.9 Å². The van der Waals surface area contributed by atoms with Crippen LogP contribution in [0, 0.1) is 5.82 Å². The van der Waals surface area contributed by atoms with Crippen molar-refractivity contribution in [3.63, 3.8) is 0 Å². The normalized spacial score (nSPS) is 12.0. The molecule has 0 saturated carbocycles. The molecule has 0 aliphatic heterocycles. The first kappa shape index (κ1) is 18.9. The fourth-order valence-electron chi connectivity index (χ4n) is 3.11. The summed E-state index contributed by atoms with van der Waals surface area (Å²) >= 11 is 5.78. The molecule has 3 aromatic rings. The van der Waals surface area contributed by atoms with Gasteiger partial charge in [-0.25, -0.2) is 9.18 Å². The minimum Gasteiger partial charge on any atom is -0.328 e. The van der Waals surface area contributed by atoms with Gasteiger partial charge < -0.3 is 15.2 Å². The van der Waals surface area contributed by atoms with Gasteiger partial charge in [0, 0.05) is 23.8 Å². The molecule has 1 aromatic heterocycles. The van der Waals surface area contributed by atoms with Crippen molar-refractivity contribution in [2.75, 3.05) is 11.9 Å². The molecule has 2 aromatic carbocycles. The molecule has 0 saturated heterocycles. The van der Waals surface area contributed by atoms with E-state index >= 15 is 0 Å². The second-order valence-electron chi connectivity index (χ2n) is 6.14. The number of anilines is 1. The number of halogens is 2. The highest BCUT2D eigenvalue weighted by Gasteiger charge is 2.22. The van der Waals surface area contributed by atoms with Crippen molar-refractivity contribution < 1.29 is 9.18 Å². The number of rotatable bonds is 4. The molecule has 0 radical (unpaired) electrons. The lowest BCUT2D eigenvalue weighted by Gasteiger charge is -2.29. The number of carbonyl (C=O) groups is 1. The number of aromatic nitrogens is 1. The van der Waals surface area contributed by atoms with Crippen molar-refractivity contribution in [2.24, 2.45) is 0 Å². The number of hydrogen-bond donors (Lipinski definition) is 2. The van der Waals surface area contributed by atoms with Crippen LogP contribution in [0.1, 0.15) is 25.5 Å². The Labute approximate surface area is 160 Å². The zero-order valence-electron chi connectivity index (χ0n) is 14.9. The Kier molecular flexibility index (Phi) is 5.46. The number of H-pyrrole nitrogens is 1. The monoisotopic (exact) mass is 387 g/mol. The summed E-state index contributed by atoms with van der Waals surface area (Å²) < 4.78 is 13.3. The average molecular weight is 388 g/mol. The van der Waals surface area contributed by atoms with Crippen LogP contribution >= 0.6 is 11.6 Å². The van der Waals surface area contributed by atoms with E-state index in [0.717, 1.165) is 10.9 Å². The number of benzene rings is 2. The van der Waals surface area contributed by atoms with Gasteiger partial charge in [0.05, 0.1) is 11.1 Å². The number of nitrogens with zero attached hydrogens (tertiary/aromatic N) is 1. The van der Waals surface area contributed by atoms with Crippen molar-refractivity contribution in [3.8, 4) is 0 Å². The minimum absolute atomic E-state index is 0.0597. The van der Waals surface area contributed by atoms with Crippen LogP contribution in [-0.4, -0.2) is 22.5 Å². The SMILES string of the molecule is CCN(C(=O)Nc1ccc(F)c(Cl)c1)[C@@H](C)c1c[nH]c(=O)c2ccccc12. The van der Waals surface area contributed by atoms with Gasteiger partial charge in [0.15, 0.2) is 0 Å². The summed E-state index contributed by atoms with van der Waals surface area (Å²) in [6.07, 6.45) is 1.64.